The third-order valence-corrected chi connectivity index (χ3v) is 7.25. The van der Waals surface area contributed by atoms with Crippen LogP contribution in [0.1, 0.15) is 54.9 Å². The summed E-state index contributed by atoms with van der Waals surface area (Å²) < 4.78 is 26.0. The van der Waals surface area contributed by atoms with Crippen LogP contribution in [0.3, 0.4) is 0 Å². The molecule has 0 spiro atoms. The lowest BCUT2D eigenvalue weighted by Gasteiger charge is -2.29. The van der Waals surface area contributed by atoms with Crippen LogP contribution in [0.5, 0.6) is 11.5 Å². The molecule has 3 aromatic carbocycles. The lowest BCUT2D eigenvalue weighted by Crippen LogP contribution is -2.21. The van der Waals surface area contributed by atoms with Crippen LogP contribution >= 0.6 is 0 Å². The maximum atomic E-state index is 14.4. The van der Waals surface area contributed by atoms with Crippen LogP contribution in [-0.2, 0) is 11.2 Å². The molecule has 1 N–H and O–H groups in total. The van der Waals surface area contributed by atoms with Gasteiger partial charge >= 0.3 is 5.97 Å². The highest BCUT2D eigenvalue weighted by atomic mass is 19.1. The van der Waals surface area contributed by atoms with Gasteiger partial charge in [-0.25, -0.2) is 4.39 Å². The van der Waals surface area contributed by atoms with Gasteiger partial charge in [-0.1, -0.05) is 43.3 Å². The highest BCUT2D eigenvalue weighted by molar-refractivity contribution is 5.71. The minimum atomic E-state index is -0.749. The highest BCUT2D eigenvalue weighted by Gasteiger charge is 2.39. The number of halogens is 1. The van der Waals surface area contributed by atoms with Gasteiger partial charge in [-0.3, -0.25) is 4.79 Å². The van der Waals surface area contributed by atoms with E-state index in [2.05, 4.69) is 18.2 Å². The molecule has 3 aromatic rings. The molecule has 1 unspecified atom stereocenters. The molecule has 3 atom stereocenters. The van der Waals surface area contributed by atoms with E-state index in [-0.39, 0.29) is 17.8 Å². The van der Waals surface area contributed by atoms with Crippen LogP contribution in [0.4, 0.5) is 4.39 Å². The summed E-state index contributed by atoms with van der Waals surface area (Å²) in [6, 6.07) is 18.8. The molecule has 0 aromatic heterocycles. The zero-order valence-electron chi connectivity index (χ0n) is 19.5. The number of rotatable bonds is 7. The monoisotopic (exact) mass is 460 g/mol. The molecule has 34 heavy (non-hydrogen) atoms. The van der Waals surface area contributed by atoms with Crippen molar-refractivity contribution in [1.82, 2.24) is 0 Å². The molecule has 1 aliphatic carbocycles. The molecule has 4 nitrogen and oxygen atoms in total. The molecule has 0 saturated heterocycles. The van der Waals surface area contributed by atoms with E-state index in [0.717, 1.165) is 53.7 Å². The predicted octanol–water partition coefficient (Wildman–Crippen LogP) is 6.78. The summed E-state index contributed by atoms with van der Waals surface area (Å²) in [6.45, 7) is 1.81. The molecule has 5 rings (SSSR count). The molecule has 5 heteroatoms. The van der Waals surface area contributed by atoms with Gasteiger partial charge in [0, 0.05) is 5.56 Å². The highest BCUT2D eigenvalue weighted by Crippen LogP contribution is 2.48. The van der Waals surface area contributed by atoms with Crippen LogP contribution in [0.2, 0.25) is 0 Å². The first-order chi connectivity index (χ1) is 16.4. The second-order valence-corrected chi connectivity index (χ2v) is 9.47. The van der Waals surface area contributed by atoms with Crippen molar-refractivity contribution in [3.63, 3.8) is 0 Å². The van der Waals surface area contributed by atoms with Gasteiger partial charge in [0.2, 0.25) is 0 Å². The van der Waals surface area contributed by atoms with Crippen molar-refractivity contribution < 1.29 is 23.8 Å². The van der Waals surface area contributed by atoms with Gasteiger partial charge in [0.25, 0.3) is 0 Å². The molecule has 0 amide bonds. The summed E-state index contributed by atoms with van der Waals surface area (Å²) in [7, 11) is 1.57. The van der Waals surface area contributed by atoms with Crippen molar-refractivity contribution in [3.05, 3.63) is 83.2 Å². The number of benzene rings is 3. The normalized spacial score (nSPS) is 19.0. The second kappa shape index (κ2) is 9.13. The number of fused-ring (bicyclic) bond motifs is 1. The Balaban J connectivity index is 1.37. The Kier molecular flexibility index (Phi) is 6.03. The molecule has 0 bridgehead atoms. The molecular weight excluding hydrogens is 431 g/mol. The summed E-state index contributed by atoms with van der Waals surface area (Å²) >= 11 is 0. The third-order valence-electron chi connectivity index (χ3n) is 7.25. The predicted molar refractivity (Wildman–Crippen MR) is 129 cm³/mol. The third kappa shape index (κ3) is 4.39. The van der Waals surface area contributed by atoms with E-state index in [9.17, 15) is 14.3 Å². The van der Waals surface area contributed by atoms with E-state index >= 15 is 0 Å². The maximum Gasteiger partial charge on any atom is 0.306 e. The van der Waals surface area contributed by atoms with E-state index < -0.39 is 11.9 Å². The van der Waals surface area contributed by atoms with E-state index in [1.165, 1.54) is 6.07 Å². The summed E-state index contributed by atoms with van der Waals surface area (Å²) in [5.41, 5.74) is 4.55. The first kappa shape index (κ1) is 22.5. The SMILES string of the molecule is COc1ccc(F)c(-c2ccc([C@H]3CCc4ccc(C(C5CC5)[C@H](C)C(=O)O)cc4O3)cc2)c1. The Labute approximate surface area is 199 Å². The number of aliphatic carboxylic acids is 1. The quantitative estimate of drug-likeness (QED) is 0.422. The van der Waals surface area contributed by atoms with Crippen molar-refractivity contribution in [2.24, 2.45) is 11.8 Å². The van der Waals surface area contributed by atoms with Gasteiger partial charge in [-0.05, 0) is 84.0 Å². The smallest absolute Gasteiger partial charge is 0.306 e. The van der Waals surface area contributed by atoms with E-state index in [4.69, 9.17) is 9.47 Å². The average Bonchev–Trinajstić information content (AvgIpc) is 3.69. The largest absolute Gasteiger partial charge is 0.497 e. The molecule has 1 fully saturated rings. The van der Waals surface area contributed by atoms with E-state index in [1.54, 1.807) is 26.2 Å². The van der Waals surface area contributed by atoms with Crippen molar-refractivity contribution in [1.29, 1.82) is 0 Å². The first-order valence-corrected chi connectivity index (χ1v) is 11.9. The number of aryl methyl sites for hydroxylation is 1. The van der Waals surface area contributed by atoms with Gasteiger partial charge in [0.1, 0.15) is 23.4 Å². The van der Waals surface area contributed by atoms with Gasteiger partial charge in [0.05, 0.1) is 13.0 Å². The number of carboxylic acid groups (broad SMARTS) is 1. The van der Waals surface area contributed by atoms with Crippen LogP contribution in [0.15, 0.2) is 60.7 Å². The summed E-state index contributed by atoms with van der Waals surface area (Å²) in [5, 5.41) is 9.61. The van der Waals surface area contributed by atoms with Crippen molar-refractivity contribution in [2.75, 3.05) is 7.11 Å². The Hall–Kier alpha value is -3.34. The molecule has 1 heterocycles. The van der Waals surface area contributed by atoms with Gasteiger partial charge in [0.15, 0.2) is 0 Å². The van der Waals surface area contributed by atoms with Crippen LogP contribution in [0.25, 0.3) is 11.1 Å². The number of carboxylic acids is 1. The standard InChI is InChI=1S/C29H29FO4/c1-17(29(31)32)28(21-8-9-21)22-10-7-20-11-14-26(34-27(20)15-22)19-5-3-18(4-6-19)24-16-23(33-2)12-13-25(24)30/h3-7,10,12-13,15-17,21,26,28H,8-9,11,14H2,1-2H3,(H,31,32)/t17-,26+,28?/m0/s1. The Morgan fingerprint density at radius 1 is 1.06 bits per heavy atom. The fraction of sp³-hybridized carbons (Fsp3) is 0.345. The number of methoxy groups -OCH3 is 1. The zero-order chi connectivity index (χ0) is 23.8. The first-order valence-electron chi connectivity index (χ1n) is 11.9. The fourth-order valence-corrected chi connectivity index (χ4v) is 5.14. The van der Waals surface area contributed by atoms with Crippen molar-refractivity contribution in [2.45, 2.75) is 44.6 Å². The summed E-state index contributed by atoms with van der Waals surface area (Å²) in [6.07, 6.45) is 3.83. The molecule has 176 valence electrons. The molecule has 1 saturated carbocycles. The number of hydrogen-bond acceptors (Lipinski definition) is 3. The molecule has 1 aliphatic heterocycles. The van der Waals surface area contributed by atoms with Crippen molar-refractivity contribution >= 4 is 5.97 Å². The lowest BCUT2D eigenvalue weighted by atomic mass is 9.82. The minimum Gasteiger partial charge on any atom is -0.497 e. The van der Waals surface area contributed by atoms with E-state index in [1.807, 2.05) is 24.3 Å². The van der Waals surface area contributed by atoms with E-state index in [0.29, 0.717) is 17.2 Å². The van der Waals surface area contributed by atoms with Crippen LogP contribution in [-0.4, -0.2) is 18.2 Å². The molecule has 0 radical (unpaired) electrons. The van der Waals surface area contributed by atoms with Crippen molar-refractivity contribution in [3.8, 4) is 22.6 Å². The van der Waals surface area contributed by atoms with Gasteiger partial charge in [-0.2, -0.15) is 0 Å². The molecule has 2 aliphatic rings. The number of ether oxygens (including phenoxy) is 2. The minimum absolute atomic E-state index is 0.0174. The Bertz CT molecular complexity index is 1200. The fourth-order valence-electron chi connectivity index (χ4n) is 5.14. The lowest BCUT2D eigenvalue weighted by molar-refractivity contribution is -0.142. The Morgan fingerprint density at radius 3 is 2.50 bits per heavy atom. The average molecular weight is 461 g/mol. The van der Waals surface area contributed by atoms with Gasteiger partial charge < -0.3 is 14.6 Å². The summed E-state index contributed by atoms with van der Waals surface area (Å²) in [4.78, 5) is 11.7. The molecular formula is C29H29FO4. The van der Waals surface area contributed by atoms with Crippen LogP contribution < -0.4 is 9.47 Å². The second-order valence-electron chi connectivity index (χ2n) is 9.47. The van der Waals surface area contributed by atoms with Crippen LogP contribution in [0, 0.1) is 17.7 Å². The topological polar surface area (TPSA) is 55.8 Å². The number of hydrogen-bond donors (Lipinski definition) is 1. The Morgan fingerprint density at radius 2 is 1.82 bits per heavy atom. The zero-order valence-corrected chi connectivity index (χ0v) is 19.5. The maximum absolute atomic E-state index is 14.4. The summed E-state index contributed by atoms with van der Waals surface area (Å²) in [5.74, 6) is 0.460. The van der Waals surface area contributed by atoms with Gasteiger partial charge in [-0.15, -0.1) is 0 Å². The number of carbonyl (C=O) groups is 1.